The van der Waals surface area contributed by atoms with Crippen LogP contribution in [0, 0.1) is 5.92 Å². The molecule has 7 heteroatoms. The van der Waals surface area contributed by atoms with Crippen molar-refractivity contribution in [2.75, 3.05) is 5.32 Å². The van der Waals surface area contributed by atoms with E-state index >= 15 is 0 Å². The lowest BCUT2D eigenvalue weighted by atomic mass is 9.85. The Kier molecular flexibility index (Phi) is 4.08. The molecule has 0 radical (unpaired) electrons. The first-order chi connectivity index (χ1) is 11.7. The molecule has 0 aromatic carbocycles. The van der Waals surface area contributed by atoms with Gasteiger partial charge in [0.05, 0.1) is 6.33 Å². The van der Waals surface area contributed by atoms with Gasteiger partial charge < -0.3 is 9.88 Å². The number of aromatic nitrogens is 4. The maximum Gasteiger partial charge on any atom is 0.301 e. The summed E-state index contributed by atoms with van der Waals surface area (Å²) in [5.74, 6) is 0.848. The molecule has 0 bridgehead atoms. The lowest BCUT2D eigenvalue weighted by Crippen LogP contribution is -2.25. The molecule has 2 fully saturated rings. The van der Waals surface area contributed by atoms with Crippen LogP contribution < -0.4 is 16.4 Å². The molecule has 2 N–H and O–H groups in total. The maximum atomic E-state index is 12.6. The normalized spacial score (nSPS) is 19.3. The van der Waals surface area contributed by atoms with Crippen molar-refractivity contribution in [1.82, 2.24) is 19.5 Å². The predicted octanol–water partition coefficient (Wildman–Crippen LogP) is 2.02. The van der Waals surface area contributed by atoms with E-state index in [0.29, 0.717) is 11.4 Å². The Labute approximate surface area is 139 Å². The Hall–Kier alpha value is -2.18. The van der Waals surface area contributed by atoms with Crippen LogP contribution >= 0.6 is 0 Å². The molecule has 2 aliphatic rings. The first-order valence-corrected chi connectivity index (χ1v) is 8.97. The predicted molar refractivity (Wildman–Crippen MR) is 92.3 cm³/mol. The smallest absolute Gasteiger partial charge is 0.301 e. The van der Waals surface area contributed by atoms with Crippen LogP contribution in [-0.4, -0.2) is 25.6 Å². The summed E-state index contributed by atoms with van der Waals surface area (Å²) < 4.78 is 1.81. The Morgan fingerprint density at radius 2 is 1.92 bits per heavy atom. The van der Waals surface area contributed by atoms with E-state index in [9.17, 15) is 9.59 Å². The number of nitrogens with one attached hydrogen (secondary N) is 2. The summed E-state index contributed by atoms with van der Waals surface area (Å²) >= 11 is 0. The van der Waals surface area contributed by atoms with Gasteiger partial charge in [-0.05, 0) is 31.6 Å². The quantitative estimate of drug-likeness (QED) is 0.895. The van der Waals surface area contributed by atoms with Gasteiger partial charge in [0, 0.05) is 12.6 Å². The van der Waals surface area contributed by atoms with Crippen molar-refractivity contribution < 1.29 is 0 Å². The third-order valence-corrected chi connectivity index (χ3v) is 5.33. The highest BCUT2D eigenvalue weighted by atomic mass is 16.1. The molecule has 0 spiro atoms. The summed E-state index contributed by atoms with van der Waals surface area (Å²) in [5.41, 5.74) is -0.243. The van der Waals surface area contributed by atoms with Crippen molar-refractivity contribution in [3.63, 3.8) is 0 Å². The van der Waals surface area contributed by atoms with Crippen LogP contribution in [-0.2, 0) is 6.54 Å². The van der Waals surface area contributed by atoms with E-state index in [0.717, 1.165) is 19.4 Å². The van der Waals surface area contributed by atoms with E-state index in [4.69, 9.17) is 0 Å². The monoisotopic (exact) mass is 329 g/mol. The fourth-order valence-corrected chi connectivity index (χ4v) is 3.73. The van der Waals surface area contributed by atoms with Gasteiger partial charge in [-0.2, -0.15) is 4.98 Å². The SMILES string of the molecule is O=c1nc(NC2CCCCC2)[nH]c(=O)c2c1ncn2CC1CCC1. The molecule has 0 atom stereocenters. The highest BCUT2D eigenvalue weighted by Crippen LogP contribution is 2.28. The molecule has 4 rings (SSSR count). The van der Waals surface area contributed by atoms with Gasteiger partial charge in [0.1, 0.15) is 5.52 Å². The number of fused-ring (bicyclic) bond motifs is 1. The van der Waals surface area contributed by atoms with Gasteiger partial charge in [-0.25, -0.2) is 4.98 Å². The van der Waals surface area contributed by atoms with Crippen molar-refractivity contribution in [3.05, 3.63) is 27.0 Å². The van der Waals surface area contributed by atoms with Crippen molar-refractivity contribution in [2.45, 2.75) is 64.0 Å². The van der Waals surface area contributed by atoms with Gasteiger partial charge in [-0.3, -0.25) is 14.6 Å². The van der Waals surface area contributed by atoms with Gasteiger partial charge in [0.2, 0.25) is 5.95 Å². The standard InChI is InChI=1S/C17H23N5O2/c23-15-13-14(22(10-18-13)9-11-5-4-6-11)16(24)21-17(20-15)19-12-7-2-1-3-8-12/h10-12H,1-9H2,(H2,19,20,21,23,24). The van der Waals surface area contributed by atoms with Crippen LogP contribution in [0.3, 0.4) is 0 Å². The molecule has 0 amide bonds. The zero-order chi connectivity index (χ0) is 16.5. The molecular formula is C17H23N5O2. The number of imidazole rings is 1. The maximum absolute atomic E-state index is 12.6. The van der Waals surface area contributed by atoms with E-state index in [1.807, 2.05) is 4.57 Å². The van der Waals surface area contributed by atoms with Crippen LogP contribution in [0.4, 0.5) is 5.95 Å². The summed E-state index contributed by atoms with van der Waals surface area (Å²) in [4.78, 5) is 36.0. The van der Waals surface area contributed by atoms with Gasteiger partial charge >= 0.3 is 5.56 Å². The Morgan fingerprint density at radius 1 is 1.12 bits per heavy atom. The zero-order valence-corrected chi connectivity index (χ0v) is 13.8. The lowest BCUT2D eigenvalue weighted by molar-refractivity contribution is 0.279. The Balaban J connectivity index is 1.70. The molecule has 2 heterocycles. The number of hydrogen-bond donors (Lipinski definition) is 2. The second kappa shape index (κ2) is 6.37. The molecule has 0 saturated heterocycles. The summed E-state index contributed by atoms with van der Waals surface area (Å²) in [6, 6.07) is 0.271. The van der Waals surface area contributed by atoms with E-state index in [-0.39, 0.29) is 23.1 Å². The lowest BCUT2D eigenvalue weighted by Gasteiger charge is -2.25. The Bertz CT molecular complexity index is 846. The zero-order valence-electron chi connectivity index (χ0n) is 13.8. The van der Waals surface area contributed by atoms with Crippen molar-refractivity contribution >= 4 is 17.0 Å². The van der Waals surface area contributed by atoms with Gasteiger partial charge in [0.25, 0.3) is 5.56 Å². The molecule has 24 heavy (non-hydrogen) atoms. The van der Waals surface area contributed by atoms with E-state index in [2.05, 4.69) is 20.3 Å². The number of H-pyrrole nitrogens is 1. The van der Waals surface area contributed by atoms with Crippen molar-refractivity contribution in [1.29, 1.82) is 0 Å². The van der Waals surface area contributed by atoms with Gasteiger partial charge in [-0.1, -0.05) is 25.7 Å². The summed E-state index contributed by atoms with van der Waals surface area (Å²) in [6.07, 6.45) is 10.9. The third kappa shape index (κ3) is 2.95. The highest BCUT2D eigenvalue weighted by Gasteiger charge is 2.21. The molecular weight excluding hydrogens is 306 g/mol. The van der Waals surface area contributed by atoms with E-state index in [1.54, 1.807) is 6.33 Å². The molecule has 2 aromatic rings. The summed E-state index contributed by atoms with van der Waals surface area (Å²) in [7, 11) is 0. The second-order valence-corrected chi connectivity index (χ2v) is 7.09. The number of aromatic amines is 1. The molecule has 128 valence electrons. The first kappa shape index (κ1) is 15.4. The first-order valence-electron chi connectivity index (χ1n) is 8.97. The number of hydrogen-bond acceptors (Lipinski definition) is 5. The number of rotatable bonds is 4. The number of anilines is 1. The molecule has 0 aliphatic heterocycles. The van der Waals surface area contributed by atoms with Crippen LogP contribution in [0.1, 0.15) is 51.4 Å². The molecule has 2 aromatic heterocycles. The average Bonchev–Trinajstić information content (AvgIpc) is 2.91. The largest absolute Gasteiger partial charge is 0.353 e. The second-order valence-electron chi connectivity index (χ2n) is 7.09. The van der Waals surface area contributed by atoms with Crippen molar-refractivity contribution in [2.24, 2.45) is 5.92 Å². The Morgan fingerprint density at radius 3 is 2.62 bits per heavy atom. The summed E-state index contributed by atoms with van der Waals surface area (Å²) in [5, 5.41) is 3.23. The molecule has 2 saturated carbocycles. The van der Waals surface area contributed by atoms with Crippen LogP contribution in [0.15, 0.2) is 15.9 Å². The molecule has 0 unspecified atom stereocenters. The fourth-order valence-electron chi connectivity index (χ4n) is 3.73. The summed E-state index contributed by atoms with van der Waals surface area (Å²) in [6.45, 7) is 0.744. The van der Waals surface area contributed by atoms with E-state index < -0.39 is 5.56 Å². The van der Waals surface area contributed by atoms with Crippen LogP contribution in [0.5, 0.6) is 0 Å². The van der Waals surface area contributed by atoms with Crippen molar-refractivity contribution in [3.8, 4) is 0 Å². The van der Waals surface area contributed by atoms with Gasteiger partial charge in [0.15, 0.2) is 5.52 Å². The topological polar surface area (TPSA) is 92.7 Å². The van der Waals surface area contributed by atoms with Crippen LogP contribution in [0.25, 0.3) is 11.0 Å². The fraction of sp³-hybridized carbons (Fsp3) is 0.647. The van der Waals surface area contributed by atoms with E-state index in [1.165, 1.54) is 38.5 Å². The highest BCUT2D eigenvalue weighted by molar-refractivity contribution is 5.72. The minimum Gasteiger partial charge on any atom is -0.353 e. The minimum atomic E-state index is -0.450. The molecule has 7 nitrogen and oxygen atoms in total. The van der Waals surface area contributed by atoms with Crippen LogP contribution in [0.2, 0.25) is 0 Å². The number of nitrogens with zero attached hydrogens (tertiary/aromatic N) is 3. The third-order valence-electron chi connectivity index (χ3n) is 5.33. The van der Waals surface area contributed by atoms with Gasteiger partial charge in [-0.15, -0.1) is 0 Å². The molecule has 2 aliphatic carbocycles. The average molecular weight is 329 g/mol. The minimum absolute atomic E-state index is 0.160.